The summed E-state index contributed by atoms with van der Waals surface area (Å²) in [5.74, 6) is -0.489. The second-order valence-corrected chi connectivity index (χ2v) is 8.08. The van der Waals surface area contributed by atoms with Gasteiger partial charge in [0.25, 0.3) is 0 Å². The number of fused-ring (bicyclic) bond motifs is 2. The Balaban J connectivity index is 1.65. The number of esters is 1. The molecule has 2 aromatic rings. The van der Waals surface area contributed by atoms with Crippen LogP contribution in [0, 0.1) is 6.92 Å². The van der Waals surface area contributed by atoms with E-state index >= 15 is 0 Å². The number of nitrogens with zero attached hydrogens (tertiary/aromatic N) is 2. The first-order valence-corrected chi connectivity index (χ1v) is 10.9. The van der Waals surface area contributed by atoms with Crippen molar-refractivity contribution < 1.29 is 24.2 Å². The maximum atomic E-state index is 12.3. The molecule has 0 saturated carbocycles. The summed E-state index contributed by atoms with van der Waals surface area (Å²) in [6.45, 7) is 4.96. The van der Waals surface area contributed by atoms with E-state index in [-0.39, 0.29) is 0 Å². The lowest BCUT2D eigenvalue weighted by molar-refractivity contribution is -0.153. The number of carboxylic acid groups (broad SMARTS) is 1. The third-order valence-electron chi connectivity index (χ3n) is 5.07. The van der Waals surface area contributed by atoms with Crippen molar-refractivity contribution in [3.63, 3.8) is 0 Å². The summed E-state index contributed by atoms with van der Waals surface area (Å²) in [5, 5.41) is 16.0. The molecule has 2 aliphatic heterocycles. The molecule has 31 heavy (non-hydrogen) atoms. The van der Waals surface area contributed by atoms with Gasteiger partial charge >= 0.3 is 11.9 Å². The average Bonchev–Trinajstić information content (AvgIpc) is 3.16. The maximum absolute atomic E-state index is 12.3. The van der Waals surface area contributed by atoms with Crippen molar-refractivity contribution in [2.45, 2.75) is 19.6 Å². The average molecular weight is 442 g/mol. The minimum atomic E-state index is -1.20. The molecule has 8 nitrogen and oxygen atoms in total. The number of benzene rings is 1. The van der Waals surface area contributed by atoms with Gasteiger partial charge in [-0.1, -0.05) is 6.07 Å². The smallest absolute Gasteiger partial charge is 0.332 e. The Morgan fingerprint density at radius 1 is 1.29 bits per heavy atom. The lowest BCUT2D eigenvalue weighted by atomic mass is 10.1. The van der Waals surface area contributed by atoms with Gasteiger partial charge in [-0.25, -0.2) is 14.6 Å². The molecule has 2 aliphatic rings. The SMILES string of the molecule is Cc1ccc2c(c1)N=C(CC(OC(=O)/C=C/C(=O)O)N1CCNCC1)c1cscc1O2. The van der Waals surface area contributed by atoms with E-state index in [1.165, 1.54) is 11.3 Å². The van der Waals surface area contributed by atoms with Gasteiger partial charge in [0.2, 0.25) is 0 Å². The number of hydrogen-bond acceptors (Lipinski definition) is 8. The van der Waals surface area contributed by atoms with Gasteiger partial charge in [-0.3, -0.25) is 4.90 Å². The molecule has 1 aromatic heterocycles. The van der Waals surface area contributed by atoms with Gasteiger partial charge in [-0.05, 0) is 24.6 Å². The van der Waals surface area contributed by atoms with Gasteiger partial charge in [0, 0.05) is 61.1 Å². The van der Waals surface area contributed by atoms with Crippen molar-refractivity contribution in [1.82, 2.24) is 10.2 Å². The summed E-state index contributed by atoms with van der Waals surface area (Å²) < 4.78 is 11.8. The van der Waals surface area contributed by atoms with Gasteiger partial charge in [-0.15, -0.1) is 11.3 Å². The minimum absolute atomic E-state index is 0.354. The summed E-state index contributed by atoms with van der Waals surface area (Å²) >= 11 is 1.52. The molecule has 1 fully saturated rings. The number of rotatable bonds is 6. The number of carboxylic acids is 1. The number of carbonyl (C=O) groups is 2. The largest absolute Gasteiger partial charge is 0.478 e. The molecule has 1 aromatic carbocycles. The number of piperazine rings is 1. The van der Waals surface area contributed by atoms with Gasteiger partial charge in [0.15, 0.2) is 12.0 Å². The number of ether oxygens (including phenoxy) is 2. The fraction of sp³-hybridized carbons (Fsp3) is 0.318. The van der Waals surface area contributed by atoms with E-state index in [9.17, 15) is 9.59 Å². The van der Waals surface area contributed by atoms with Crippen LogP contribution in [0.3, 0.4) is 0 Å². The zero-order valence-corrected chi connectivity index (χ0v) is 17.9. The lowest BCUT2D eigenvalue weighted by Gasteiger charge is -2.34. The van der Waals surface area contributed by atoms with Crippen molar-refractivity contribution in [2.75, 3.05) is 26.2 Å². The molecule has 0 spiro atoms. The summed E-state index contributed by atoms with van der Waals surface area (Å²) in [5.41, 5.74) is 3.43. The van der Waals surface area contributed by atoms with E-state index in [0.29, 0.717) is 25.3 Å². The van der Waals surface area contributed by atoms with Crippen LogP contribution >= 0.6 is 11.3 Å². The third kappa shape index (κ3) is 5.19. The standard InChI is InChI=1S/C22H23N3O5S/c1-14-2-3-18-17(10-14)24-16(15-12-31-13-19(15)29-18)11-20(25-8-6-23-7-9-25)30-22(28)5-4-21(26)27/h2-5,10,12-13,20,23H,6-9,11H2,1H3,(H,26,27)/b5-4+. The van der Waals surface area contributed by atoms with Crippen molar-refractivity contribution >= 4 is 34.7 Å². The summed E-state index contributed by atoms with van der Waals surface area (Å²) in [7, 11) is 0. The van der Waals surface area contributed by atoms with Crippen LogP contribution in [0.2, 0.25) is 0 Å². The van der Waals surface area contributed by atoms with Gasteiger partial charge in [-0.2, -0.15) is 0 Å². The topological polar surface area (TPSA) is 100 Å². The molecule has 0 bridgehead atoms. The molecule has 2 N–H and O–H groups in total. The van der Waals surface area contributed by atoms with E-state index in [1.807, 2.05) is 35.9 Å². The van der Waals surface area contributed by atoms with E-state index < -0.39 is 18.2 Å². The molecule has 0 amide bonds. The van der Waals surface area contributed by atoms with Crippen molar-refractivity contribution in [3.05, 3.63) is 52.2 Å². The molecular formula is C22H23N3O5S. The highest BCUT2D eigenvalue weighted by Gasteiger charge is 2.28. The monoisotopic (exact) mass is 441 g/mol. The first-order chi connectivity index (χ1) is 15.0. The second-order valence-electron chi connectivity index (χ2n) is 7.33. The van der Waals surface area contributed by atoms with Gasteiger partial charge in [0.05, 0.1) is 5.71 Å². The number of hydrogen-bond donors (Lipinski definition) is 2. The molecule has 1 atom stereocenters. The van der Waals surface area contributed by atoms with Crippen molar-refractivity contribution in [3.8, 4) is 11.5 Å². The molecular weight excluding hydrogens is 418 g/mol. The molecule has 1 saturated heterocycles. The Kier molecular flexibility index (Phi) is 6.45. The molecule has 4 rings (SSSR count). The van der Waals surface area contributed by atoms with Crippen LogP contribution in [-0.2, 0) is 14.3 Å². The molecule has 0 radical (unpaired) electrons. The Morgan fingerprint density at radius 3 is 2.87 bits per heavy atom. The number of aliphatic carboxylic acids is 1. The van der Waals surface area contributed by atoms with Crippen molar-refractivity contribution in [2.24, 2.45) is 4.99 Å². The number of aryl methyl sites for hydroxylation is 1. The highest BCUT2D eigenvalue weighted by atomic mass is 32.1. The highest BCUT2D eigenvalue weighted by Crippen LogP contribution is 2.40. The first kappa shape index (κ1) is 21.2. The number of nitrogens with one attached hydrogen (secondary N) is 1. The van der Waals surface area contributed by atoms with Crippen LogP contribution in [-0.4, -0.2) is 60.1 Å². The van der Waals surface area contributed by atoms with Crippen LogP contribution in [0.1, 0.15) is 17.5 Å². The lowest BCUT2D eigenvalue weighted by Crippen LogP contribution is -2.50. The van der Waals surface area contributed by atoms with Crippen LogP contribution in [0.25, 0.3) is 0 Å². The first-order valence-electron chi connectivity index (χ1n) is 9.98. The Morgan fingerprint density at radius 2 is 2.10 bits per heavy atom. The summed E-state index contributed by atoms with van der Waals surface area (Å²) in [6.07, 6.45) is 1.49. The van der Waals surface area contributed by atoms with Crippen LogP contribution < -0.4 is 10.1 Å². The van der Waals surface area contributed by atoms with E-state index in [1.54, 1.807) is 0 Å². The molecule has 3 heterocycles. The summed E-state index contributed by atoms with van der Waals surface area (Å²) in [6, 6.07) is 5.85. The van der Waals surface area contributed by atoms with Crippen LogP contribution in [0.15, 0.2) is 46.1 Å². The fourth-order valence-electron chi connectivity index (χ4n) is 3.55. The molecule has 9 heteroatoms. The van der Waals surface area contributed by atoms with Gasteiger partial charge < -0.3 is 19.9 Å². The van der Waals surface area contributed by atoms with E-state index in [2.05, 4.69) is 10.2 Å². The maximum Gasteiger partial charge on any atom is 0.332 e. The third-order valence-corrected chi connectivity index (χ3v) is 5.79. The van der Waals surface area contributed by atoms with E-state index in [4.69, 9.17) is 19.6 Å². The predicted molar refractivity (Wildman–Crippen MR) is 117 cm³/mol. The molecule has 162 valence electrons. The predicted octanol–water partition coefficient (Wildman–Crippen LogP) is 3.09. The van der Waals surface area contributed by atoms with Crippen LogP contribution in [0.4, 0.5) is 5.69 Å². The Hall–Kier alpha value is -3.01. The van der Waals surface area contributed by atoms with E-state index in [0.717, 1.165) is 53.5 Å². The molecule has 0 aliphatic carbocycles. The minimum Gasteiger partial charge on any atom is -0.478 e. The second kappa shape index (κ2) is 9.42. The number of aliphatic imine (C=N–C) groups is 1. The number of thiophene rings is 1. The quantitative estimate of drug-likeness (QED) is 0.525. The zero-order valence-electron chi connectivity index (χ0n) is 17.0. The summed E-state index contributed by atoms with van der Waals surface area (Å²) in [4.78, 5) is 30.0. The normalized spacial score (nSPS) is 17.1. The Labute approximate surface area is 183 Å². The zero-order chi connectivity index (χ0) is 21.8. The van der Waals surface area contributed by atoms with Crippen LogP contribution in [0.5, 0.6) is 11.5 Å². The fourth-order valence-corrected chi connectivity index (χ4v) is 4.30. The highest BCUT2D eigenvalue weighted by molar-refractivity contribution is 7.08. The van der Waals surface area contributed by atoms with Crippen molar-refractivity contribution in [1.29, 1.82) is 0 Å². The number of carbonyl (C=O) groups excluding carboxylic acids is 1. The molecule has 1 unspecified atom stereocenters. The Bertz CT molecular complexity index is 1040. The van der Waals surface area contributed by atoms with Gasteiger partial charge in [0.1, 0.15) is 11.4 Å².